The molecule has 0 atom stereocenters. The van der Waals surface area contributed by atoms with Gasteiger partial charge in [-0.25, -0.2) is 9.78 Å². The Morgan fingerprint density at radius 3 is 2.56 bits per heavy atom. The number of nitrogens with one attached hydrogen (secondary N) is 2. The zero-order chi connectivity index (χ0) is 19.4. The first-order valence-corrected chi connectivity index (χ1v) is 8.69. The van der Waals surface area contributed by atoms with Gasteiger partial charge in [-0.15, -0.1) is 0 Å². The van der Waals surface area contributed by atoms with Gasteiger partial charge in [0.2, 0.25) is 5.89 Å². The monoisotopic (exact) mass is 365 g/mol. The standard InChI is InChI=1S/C21H23N3O3/c1-13-6-5-7-18(14(13)2)24-21(25)22-12-19-15(3)27-20(23-19)16-8-10-17(26-4)11-9-16/h5-11H,12H2,1-4H3,(H2,22,24,25). The molecule has 0 fully saturated rings. The quantitative estimate of drug-likeness (QED) is 0.693. The number of carbonyl (C=O) groups is 1. The first-order chi connectivity index (χ1) is 13.0. The summed E-state index contributed by atoms with van der Waals surface area (Å²) in [6, 6.07) is 13.0. The summed E-state index contributed by atoms with van der Waals surface area (Å²) in [6.45, 7) is 6.10. The number of carbonyl (C=O) groups excluding carboxylic acids is 1. The molecule has 2 amide bonds. The van der Waals surface area contributed by atoms with Crippen molar-refractivity contribution in [3.63, 3.8) is 0 Å². The molecule has 6 heteroatoms. The highest BCUT2D eigenvalue weighted by Gasteiger charge is 2.13. The normalized spacial score (nSPS) is 10.5. The van der Waals surface area contributed by atoms with E-state index in [0.717, 1.165) is 28.1 Å². The maximum atomic E-state index is 12.2. The highest BCUT2D eigenvalue weighted by molar-refractivity contribution is 5.90. The number of methoxy groups -OCH3 is 1. The van der Waals surface area contributed by atoms with E-state index in [1.54, 1.807) is 7.11 Å². The number of ether oxygens (including phenoxy) is 1. The fourth-order valence-electron chi connectivity index (χ4n) is 2.67. The Labute approximate surface area is 158 Å². The average Bonchev–Trinajstić information content (AvgIpc) is 3.04. The summed E-state index contributed by atoms with van der Waals surface area (Å²) in [4.78, 5) is 16.7. The van der Waals surface area contributed by atoms with Crippen molar-refractivity contribution in [1.29, 1.82) is 0 Å². The fourth-order valence-corrected chi connectivity index (χ4v) is 2.67. The topological polar surface area (TPSA) is 76.4 Å². The van der Waals surface area contributed by atoms with Crippen LogP contribution in [0.25, 0.3) is 11.5 Å². The zero-order valence-electron chi connectivity index (χ0n) is 15.9. The molecule has 0 aliphatic carbocycles. The molecule has 0 radical (unpaired) electrons. The van der Waals surface area contributed by atoms with Gasteiger partial charge in [-0.3, -0.25) is 0 Å². The number of hydrogen-bond acceptors (Lipinski definition) is 4. The van der Waals surface area contributed by atoms with Crippen LogP contribution < -0.4 is 15.4 Å². The van der Waals surface area contributed by atoms with Crippen LogP contribution in [0.15, 0.2) is 46.9 Å². The zero-order valence-corrected chi connectivity index (χ0v) is 15.9. The van der Waals surface area contributed by atoms with Crippen molar-refractivity contribution >= 4 is 11.7 Å². The number of anilines is 1. The lowest BCUT2D eigenvalue weighted by atomic mass is 10.1. The lowest BCUT2D eigenvalue weighted by molar-refractivity contribution is 0.251. The van der Waals surface area contributed by atoms with Crippen LogP contribution in [0.1, 0.15) is 22.6 Å². The van der Waals surface area contributed by atoms with E-state index < -0.39 is 0 Å². The molecule has 0 aliphatic heterocycles. The van der Waals surface area contributed by atoms with Crippen molar-refractivity contribution in [2.24, 2.45) is 0 Å². The highest BCUT2D eigenvalue weighted by atomic mass is 16.5. The number of oxazole rings is 1. The average molecular weight is 365 g/mol. The van der Waals surface area contributed by atoms with Crippen molar-refractivity contribution in [2.75, 3.05) is 12.4 Å². The second kappa shape index (κ2) is 7.95. The van der Waals surface area contributed by atoms with Crippen LogP contribution >= 0.6 is 0 Å². The minimum Gasteiger partial charge on any atom is -0.497 e. The summed E-state index contributed by atoms with van der Waals surface area (Å²) in [5.74, 6) is 1.96. The summed E-state index contributed by atoms with van der Waals surface area (Å²) in [7, 11) is 1.62. The van der Waals surface area contributed by atoms with E-state index in [-0.39, 0.29) is 12.6 Å². The number of urea groups is 1. The summed E-state index contributed by atoms with van der Waals surface area (Å²) in [6.07, 6.45) is 0. The molecule has 0 bridgehead atoms. The molecule has 2 N–H and O–H groups in total. The maximum absolute atomic E-state index is 12.2. The molecule has 0 aliphatic rings. The van der Waals surface area contributed by atoms with Gasteiger partial charge in [0.05, 0.1) is 13.7 Å². The number of nitrogens with zero attached hydrogens (tertiary/aromatic N) is 1. The van der Waals surface area contributed by atoms with Gasteiger partial charge in [0, 0.05) is 11.3 Å². The molecule has 3 rings (SSSR count). The highest BCUT2D eigenvalue weighted by Crippen LogP contribution is 2.24. The Balaban J connectivity index is 1.65. The van der Waals surface area contributed by atoms with Crippen LogP contribution in [-0.4, -0.2) is 18.1 Å². The SMILES string of the molecule is COc1ccc(-c2nc(CNC(=O)Nc3cccc(C)c3C)c(C)o2)cc1. The molecular formula is C21H23N3O3. The van der Waals surface area contributed by atoms with Gasteiger partial charge < -0.3 is 19.8 Å². The molecule has 0 saturated carbocycles. The number of aryl methyl sites for hydroxylation is 2. The summed E-state index contributed by atoms with van der Waals surface area (Å²) in [5, 5.41) is 5.70. The number of benzene rings is 2. The Hall–Kier alpha value is -3.28. The molecule has 2 aromatic carbocycles. The minimum atomic E-state index is -0.280. The minimum absolute atomic E-state index is 0.280. The van der Waals surface area contributed by atoms with Gasteiger partial charge in [0.25, 0.3) is 0 Å². The van der Waals surface area contributed by atoms with E-state index >= 15 is 0 Å². The number of amides is 2. The lowest BCUT2D eigenvalue weighted by Gasteiger charge is -2.10. The third-order valence-corrected chi connectivity index (χ3v) is 4.50. The molecule has 1 heterocycles. The predicted octanol–water partition coefficient (Wildman–Crippen LogP) is 4.60. The smallest absolute Gasteiger partial charge is 0.319 e. The third kappa shape index (κ3) is 4.28. The van der Waals surface area contributed by atoms with Crippen LogP contribution in [0.5, 0.6) is 5.75 Å². The second-order valence-electron chi connectivity index (χ2n) is 6.31. The van der Waals surface area contributed by atoms with Gasteiger partial charge in [-0.2, -0.15) is 0 Å². The second-order valence-corrected chi connectivity index (χ2v) is 6.31. The van der Waals surface area contributed by atoms with Crippen molar-refractivity contribution in [1.82, 2.24) is 10.3 Å². The summed E-state index contributed by atoms with van der Waals surface area (Å²) < 4.78 is 10.9. The Morgan fingerprint density at radius 1 is 1.11 bits per heavy atom. The Bertz CT molecular complexity index is 946. The van der Waals surface area contributed by atoms with E-state index in [4.69, 9.17) is 9.15 Å². The van der Waals surface area contributed by atoms with E-state index in [1.807, 2.05) is 63.2 Å². The molecule has 140 valence electrons. The largest absolute Gasteiger partial charge is 0.497 e. The molecule has 0 spiro atoms. The molecule has 3 aromatic rings. The summed E-state index contributed by atoms with van der Waals surface area (Å²) >= 11 is 0. The van der Waals surface area contributed by atoms with Gasteiger partial charge in [0.1, 0.15) is 17.2 Å². The first-order valence-electron chi connectivity index (χ1n) is 8.69. The summed E-state index contributed by atoms with van der Waals surface area (Å²) in [5.41, 5.74) is 4.52. The van der Waals surface area contributed by atoms with Crippen LogP contribution in [0, 0.1) is 20.8 Å². The maximum Gasteiger partial charge on any atom is 0.319 e. The Morgan fingerprint density at radius 2 is 1.85 bits per heavy atom. The number of rotatable bonds is 5. The van der Waals surface area contributed by atoms with Crippen LogP contribution in [0.2, 0.25) is 0 Å². The molecule has 6 nitrogen and oxygen atoms in total. The van der Waals surface area contributed by atoms with Crippen molar-refractivity contribution in [2.45, 2.75) is 27.3 Å². The van der Waals surface area contributed by atoms with E-state index in [1.165, 1.54) is 0 Å². The van der Waals surface area contributed by atoms with Crippen LogP contribution in [0.3, 0.4) is 0 Å². The number of aromatic nitrogens is 1. The van der Waals surface area contributed by atoms with Gasteiger partial charge in [-0.05, 0) is 62.2 Å². The fraction of sp³-hybridized carbons (Fsp3) is 0.238. The van der Waals surface area contributed by atoms with Crippen LogP contribution in [-0.2, 0) is 6.54 Å². The van der Waals surface area contributed by atoms with Crippen molar-refractivity contribution in [3.8, 4) is 17.2 Å². The molecule has 27 heavy (non-hydrogen) atoms. The van der Waals surface area contributed by atoms with Crippen LogP contribution in [0.4, 0.5) is 10.5 Å². The van der Waals surface area contributed by atoms with Gasteiger partial charge in [0.15, 0.2) is 0 Å². The lowest BCUT2D eigenvalue weighted by Crippen LogP contribution is -2.28. The molecule has 0 unspecified atom stereocenters. The van der Waals surface area contributed by atoms with Gasteiger partial charge in [-0.1, -0.05) is 12.1 Å². The third-order valence-electron chi connectivity index (χ3n) is 4.50. The van der Waals surface area contributed by atoms with Crippen molar-refractivity contribution < 1.29 is 13.9 Å². The van der Waals surface area contributed by atoms with Crippen molar-refractivity contribution in [3.05, 3.63) is 65.0 Å². The Kier molecular flexibility index (Phi) is 5.45. The van der Waals surface area contributed by atoms with E-state index in [0.29, 0.717) is 17.3 Å². The predicted molar refractivity (Wildman–Crippen MR) is 105 cm³/mol. The number of hydrogen-bond donors (Lipinski definition) is 2. The van der Waals surface area contributed by atoms with E-state index in [2.05, 4.69) is 15.6 Å². The molecular weight excluding hydrogens is 342 g/mol. The van der Waals surface area contributed by atoms with Gasteiger partial charge >= 0.3 is 6.03 Å². The molecule has 1 aromatic heterocycles. The molecule has 0 saturated heterocycles. The first kappa shape index (κ1) is 18.5. The van der Waals surface area contributed by atoms with E-state index in [9.17, 15) is 4.79 Å².